The van der Waals surface area contributed by atoms with E-state index in [9.17, 15) is 4.79 Å². The summed E-state index contributed by atoms with van der Waals surface area (Å²) in [6.07, 6.45) is 0.858. The molecule has 22 heavy (non-hydrogen) atoms. The molecule has 0 fully saturated rings. The van der Waals surface area contributed by atoms with E-state index in [1.54, 1.807) is 25.3 Å². The maximum atomic E-state index is 11.9. The van der Waals surface area contributed by atoms with Crippen LogP contribution in [0.2, 0.25) is 0 Å². The van der Waals surface area contributed by atoms with Crippen molar-refractivity contribution in [3.63, 3.8) is 0 Å². The molecule has 0 bridgehead atoms. The molecule has 0 heterocycles. The number of carbonyl (C=O) groups is 1. The van der Waals surface area contributed by atoms with Crippen LogP contribution in [-0.4, -0.2) is 19.6 Å². The van der Waals surface area contributed by atoms with Gasteiger partial charge in [0.05, 0.1) is 7.11 Å². The van der Waals surface area contributed by atoms with E-state index in [1.807, 2.05) is 31.2 Å². The highest BCUT2D eigenvalue weighted by Crippen LogP contribution is 2.25. The number of carbonyl (C=O) groups excluding carboxylic acids is 1. The van der Waals surface area contributed by atoms with Crippen LogP contribution < -0.4 is 20.5 Å². The maximum Gasteiger partial charge on any atom is 0.262 e. The molecular formula is C17H20N2O3. The Morgan fingerprint density at radius 2 is 1.91 bits per heavy atom. The van der Waals surface area contributed by atoms with Gasteiger partial charge < -0.3 is 20.5 Å². The molecule has 0 radical (unpaired) electrons. The number of amides is 1. The highest BCUT2D eigenvalue weighted by Gasteiger charge is 2.08. The van der Waals surface area contributed by atoms with E-state index >= 15 is 0 Å². The molecule has 0 saturated carbocycles. The Morgan fingerprint density at radius 1 is 1.18 bits per heavy atom. The largest absolute Gasteiger partial charge is 0.493 e. The zero-order chi connectivity index (χ0) is 15.9. The summed E-state index contributed by atoms with van der Waals surface area (Å²) in [4.78, 5) is 11.9. The van der Waals surface area contributed by atoms with Crippen LogP contribution in [0.25, 0.3) is 0 Å². The minimum Gasteiger partial charge on any atom is -0.493 e. The van der Waals surface area contributed by atoms with Crippen LogP contribution in [0.4, 0.5) is 11.4 Å². The lowest BCUT2D eigenvalue weighted by Crippen LogP contribution is -2.20. The van der Waals surface area contributed by atoms with Crippen molar-refractivity contribution in [3.8, 4) is 11.5 Å². The van der Waals surface area contributed by atoms with E-state index in [0.717, 1.165) is 12.0 Å². The van der Waals surface area contributed by atoms with Gasteiger partial charge in [-0.1, -0.05) is 25.1 Å². The third-order valence-electron chi connectivity index (χ3n) is 3.24. The van der Waals surface area contributed by atoms with Crippen LogP contribution in [0.3, 0.4) is 0 Å². The summed E-state index contributed by atoms with van der Waals surface area (Å²) in [5.41, 5.74) is 8.30. The normalized spacial score (nSPS) is 10.1. The lowest BCUT2D eigenvalue weighted by molar-refractivity contribution is -0.118. The zero-order valence-electron chi connectivity index (χ0n) is 12.8. The van der Waals surface area contributed by atoms with Crippen molar-refractivity contribution in [1.29, 1.82) is 0 Å². The number of hydrogen-bond acceptors (Lipinski definition) is 4. The van der Waals surface area contributed by atoms with E-state index in [2.05, 4.69) is 5.32 Å². The van der Waals surface area contributed by atoms with Crippen molar-refractivity contribution in [3.05, 3.63) is 48.0 Å². The highest BCUT2D eigenvalue weighted by molar-refractivity contribution is 5.92. The molecule has 0 atom stereocenters. The van der Waals surface area contributed by atoms with Crippen LogP contribution in [0.15, 0.2) is 42.5 Å². The number of para-hydroxylation sites is 2. The molecule has 1 amide bonds. The molecule has 0 aliphatic heterocycles. The SMILES string of the molecule is CCc1ccc(NC(=O)COc2ccccc2OC)cc1N. The lowest BCUT2D eigenvalue weighted by atomic mass is 10.1. The van der Waals surface area contributed by atoms with Crippen molar-refractivity contribution in [2.45, 2.75) is 13.3 Å². The number of aryl methyl sites for hydroxylation is 1. The first-order chi connectivity index (χ1) is 10.6. The number of rotatable bonds is 6. The van der Waals surface area contributed by atoms with Gasteiger partial charge in [-0.05, 0) is 36.2 Å². The fourth-order valence-corrected chi connectivity index (χ4v) is 2.07. The first-order valence-corrected chi connectivity index (χ1v) is 7.08. The second-order valence-corrected chi connectivity index (χ2v) is 4.75. The van der Waals surface area contributed by atoms with Crippen molar-refractivity contribution in [1.82, 2.24) is 0 Å². The molecule has 5 nitrogen and oxygen atoms in total. The van der Waals surface area contributed by atoms with Gasteiger partial charge in [-0.25, -0.2) is 0 Å². The monoisotopic (exact) mass is 300 g/mol. The highest BCUT2D eigenvalue weighted by atomic mass is 16.5. The molecule has 0 aliphatic rings. The van der Waals surface area contributed by atoms with Crippen LogP contribution in [0.1, 0.15) is 12.5 Å². The number of nitrogen functional groups attached to an aromatic ring is 1. The molecule has 2 rings (SSSR count). The van der Waals surface area contributed by atoms with Gasteiger partial charge in [-0.3, -0.25) is 4.79 Å². The minimum atomic E-state index is -0.255. The van der Waals surface area contributed by atoms with E-state index < -0.39 is 0 Å². The van der Waals surface area contributed by atoms with Crippen molar-refractivity contribution in [2.75, 3.05) is 24.8 Å². The summed E-state index contributed by atoms with van der Waals surface area (Å²) in [6, 6.07) is 12.7. The van der Waals surface area contributed by atoms with Crippen molar-refractivity contribution in [2.24, 2.45) is 0 Å². The van der Waals surface area contributed by atoms with Gasteiger partial charge in [-0.15, -0.1) is 0 Å². The Kier molecular flexibility index (Phi) is 5.25. The number of hydrogen-bond donors (Lipinski definition) is 2. The number of ether oxygens (including phenoxy) is 2. The zero-order valence-corrected chi connectivity index (χ0v) is 12.8. The average molecular weight is 300 g/mol. The second kappa shape index (κ2) is 7.36. The molecule has 0 unspecified atom stereocenters. The summed E-state index contributed by atoms with van der Waals surface area (Å²) in [5, 5.41) is 2.76. The van der Waals surface area contributed by atoms with Crippen LogP contribution in [0, 0.1) is 0 Å². The first-order valence-electron chi connectivity index (χ1n) is 7.08. The number of nitrogens with one attached hydrogen (secondary N) is 1. The van der Waals surface area contributed by atoms with Gasteiger partial charge in [0.15, 0.2) is 18.1 Å². The summed E-state index contributed by atoms with van der Waals surface area (Å²) in [5.74, 6) is 0.863. The molecule has 0 saturated heterocycles. The molecule has 0 aliphatic carbocycles. The standard InChI is InChI=1S/C17H20N2O3/c1-3-12-8-9-13(10-14(12)18)19-17(20)11-22-16-7-5-4-6-15(16)21-2/h4-10H,3,11,18H2,1-2H3,(H,19,20). The van der Waals surface area contributed by atoms with E-state index in [0.29, 0.717) is 22.9 Å². The first kappa shape index (κ1) is 15.7. The maximum absolute atomic E-state index is 11.9. The minimum absolute atomic E-state index is 0.101. The Bertz CT molecular complexity index is 656. The molecule has 116 valence electrons. The molecule has 0 spiro atoms. The van der Waals surface area contributed by atoms with Gasteiger partial charge in [0.2, 0.25) is 0 Å². The number of anilines is 2. The number of benzene rings is 2. The fraction of sp³-hybridized carbons (Fsp3) is 0.235. The fourth-order valence-electron chi connectivity index (χ4n) is 2.07. The quantitative estimate of drug-likeness (QED) is 0.805. The molecule has 2 aromatic rings. The Balaban J connectivity index is 1.94. The lowest BCUT2D eigenvalue weighted by Gasteiger charge is -2.11. The van der Waals surface area contributed by atoms with Gasteiger partial charge in [0.25, 0.3) is 5.91 Å². The number of methoxy groups -OCH3 is 1. The van der Waals surface area contributed by atoms with Crippen molar-refractivity contribution < 1.29 is 14.3 Å². The summed E-state index contributed by atoms with van der Waals surface area (Å²) in [6.45, 7) is 1.93. The summed E-state index contributed by atoms with van der Waals surface area (Å²) >= 11 is 0. The van der Waals surface area contributed by atoms with E-state index in [1.165, 1.54) is 0 Å². The summed E-state index contributed by atoms with van der Waals surface area (Å²) < 4.78 is 10.6. The third kappa shape index (κ3) is 3.91. The topological polar surface area (TPSA) is 73.6 Å². The predicted molar refractivity (Wildman–Crippen MR) is 87.4 cm³/mol. The smallest absolute Gasteiger partial charge is 0.262 e. The third-order valence-corrected chi connectivity index (χ3v) is 3.24. The van der Waals surface area contributed by atoms with Gasteiger partial charge in [-0.2, -0.15) is 0 Å². The summed E-state index contributed by atoms with van der Waals surface area (Å²) in [7, 11) is 1.56. The van der Waals surface area contributed by atoms with Crippen molar-refractivity contribution >= 4 is 17.3 Å². The van der Waals surface area contributed by atoms with E-state index in [-0.39, 0.29) is 12.5 Å². The molecular weight excluding hydrogens is 280 g/mol. The average Bonchev–Trinajstić information content (AvgIpc) is 2.53. The van der Waals surface area contributed by atoms with Crippen LogP contribution >= 0.6 is 0 Å². The Hall–Kier alpha value is -2.69. The van der Waals surface area contributed by atoms with Gasteiger partial charge in [0.1, 0.15) is 0 Å². The van der Waals surface area contributed by atoms with Gasteiger partial charge >= 0.3 is 0 Å². The number of nitrogens with two attached hydrogens (primary N) is 1. The molecule has 5 heteroatoms. The van der Waals surface area contributed by atoms with E-state index in [4.69, 9.17) is 15.2 Å². The molecule has 0 aromatic heterocycles. The molecule has 2 aromatic carbocycles. The van der Waals surface area contributed by atoms with Crippen LogP contribution in [-0.2, 0) is 11.2 Å². The predicted octanol–water partition coefficient (Wildman–Crippen LogP) is 2.86. The Labute approximate surface area is 130 Å². The van der Waals surface area contributed by atoms with Crippen LogP contribution in [0.5, 0.6) is 11.5 Å². The second-order valence-electron chi connectivity index (χ2n) is 4.75. The van der Waals surface area contributed by atoms with Gasteiger partial charge in [0, 0.05) is 11.4 Å². The molecule has 3 N–H and O–H groups in total. The Morgan fingerprint density at radius 3 is 2.55 bits per heavy atom.